The second-order valence-electron chi connectivity index (χ2n) is 4.89. The van der Waals surface area contributed by atoms with Gasteiger partial charge in [0.25, 0.3) is 0 Å². The van der Waals surface area contributed by atoms with Crippen LogP contribution < -0.4 is 5.73 Å². The maximum absolute atomic E-state index is 8.94. The van der Waals surface area contributed by atoms with Crippen LogP contribution in [0.1, 0.15) is 19.3 Å². The minimum Gasteiger partial charge on any atom is -0.395 e. The molecule has 2 aliphatic rings. The second-order valence-corrected chi connectivity index (χ2v) is 4.89. The minimum atomic E-state index is -0.0693. The summed E-state index contributed by atoms with van der Waals surface area (Å²) in [4.78, 5) is 5.03. The highest BCUT2D eigenvalue weighted by Crippen LogP contribution is 2.20. The van der Waals surface area contributed by atoms with Gasteiger partial charge in [0, 0.05) is 38.3 Å². The zero-order valence-corrected chi connectivity index (χ0v) is 9.44. The number of nitrogens with two attached hydrogens (primary N) is 1. The average molecular weight is 213 g/mol. The molecule has 0 aromatic rings. The Morgan fingerprint density at radius 3 is 2.93 bits per heavy atom. The van der Waals surface area contributed by atoms with Gasteiger partial charge in [-0.25, -0.2) is 0 Å². The Balaban J connectivity index is 1.80. The Labute approximate surface area is 92.0 Å². The van der Waals surface area contributed by atoms with E-state index in [9.17, 15) is 0 Å². The fourth-order valence-electron chi connectivity index (χ4n) is 2.78. The molecule has 0 amide bonds. The summed E-state index contributed by atoms with van der Waals surface area (Å²) in [6, 6.07) is 0.679. The number of rotatable bonds is 3. The van der Waals surface area contributed by atoms with Crippen molar-refractivity contribution in [1.82, 2.24) is 9.80 Å². The van der Waals surface area contributed by atoms with Gasteiger partial charge in [-0.1, -0.05) is 6.42 Å². The maximum atomic E-state index is 8.94. The van der Waals surface area contributed by atoms with Crippen molar-refractivity contribution in [2.45, 2.75) is 31.3 Å². The van der Waals surface area contributed by atoms with E-state index in [4.69, 9.17) is 10.8 Å². The summed E-state index contributed by atoms with van der Waals surface area (Å²) in [7, 11) is 0. The van der Waals surface area contributed by atoms with Gasteiger partial charge < -0.3 is 10.8 Å². The summed E-state index contributed by atoms with van der Waals surface area (Å²) in [5.74, 6) is 0. The van der Waals surface area contributed by atoms with Crippen LogP contribution in [0.5, 0.6) is 0 Å². The lowest BCUT2D eigenvalue weighted by molar-refractivity contribution is 0.0435. The summed E-state index contributed by atoms with van der Waals surface area (Å²) in [5.41, 5.74) is 5.77. The third-order valence-electron chi connectivity index (χ3n) is 3.65. The molecule has 0 aromatic heterocycles. The number of hydrogen-bond donors (Lipinski definition) is 2. The first kappa shape index (κ1) is 11.3. The normalized spacial score (nSPS) is 31.2. The molecule has 0 saturated carbocycles. The van der Waals surface area contributed by atoms with E-state index in [1.807, 2.05) is 0 Å². The van der Waals surface area contributed by atoms with Crippen molar-refractivity contribution in [2.24, 2.45) is 5.73 Å². The predicted octanol–water partition coefficient (Wildman–Crippen LogP) is -0.524. The van der Waals surface area contributed by atoms with Gasteiger partial charge in [0.05, 0.1) is 6.61 Å². The molecule has 0 spiro atoms. The van der Waals surface area contributed by atoms with Gasteiger partial charge in [-0.15, -0.1) is 0 Å². The molecule has 0 radical (unpaired) electrons. The summed E-state index contributed by atoms with van der Waals surface area (Å²) in [6.07, 6.45) is 4.08. The third kappa shape index (κ3) is 2.91. The van der Waals surface area contributed by atoms with Gasteiger partial charge in [-0.2, -0.15) is 0 Å². The molecule has 2 saturated heterocycles. The molecule has 2 rings (SSSR count). The number of piperidine rings is 1. The maximum Gasteiger partial charge on any atom is 0.0595 e. The molecule has 3 N–H and O–H groups in total. The lowest BCUT2D eigenvalue weighted by atomic mass is 9.99. The minimum absolute atomic E-state index is 0.0693. The first-order valence-electron chi connectivity index (χ1n) is 6.12. The highest BCUT2D eigenvalue weighted by molar-refractivity contribution is 4.86. The highest BCUT2D eigenvalue weighted by atomic mass is 16.3. The Morgan fingerprint density at radius 2 is 2.13 bits per heavy atom. The average Bonchev–Trinajstić information content (AvgIpc) is 2.29. The summed E-state index contributed by atoms with van der Waals surface area (Å²) >= 11 is 0. The molecule has 4 nitrogen and oxygen atoms in total. The zero-order chi connectivity index (χ0) is 10.7. The fourth-order valence-corrected chi connectivity index (χ4v) is 2.78. The molecule has 0 bridgehead atoms. The summed E-state index contributed by atoms with van der Waals surface area (Å²) < 4.78 is 0. The molecule has 2 unspecified atom stereocenters. The number of nitrogens with zero attached hydrogens (tertiary/aromatic N) is 2. The molecule has 0 aliphatic carbocycles. The van der Waals surface area contributed by atoms with E-state index in [0.717, 1.165) is 25.7 Å². The number of aliphatic hydroxyl groups is 1. The van der Waals surface area contributed by atoms with Crippen LogP contribution in [0.15, 0.2) is 0 Å². The van der Waals surface area contributed by atoms with Crippen molar-refractivity contribution in [3.63, 3.8) is 0 Å². The van der Waals surface area contributed by atoms with E-state index >= 15 is 0 Å². The second kappa shape index (κ2) is 5.25. The molecule has 88 valence electrons. The van der Waals surface area contributed by atoms with Crippen LogP contribution in [0.25, 0.3) is 0 Å². The van der Waals surface area contributed by atoms with Crippen LogP contribution in [0.3, 0.4) is 0 Å². The van der Waals surface area contributed by atoms with E-state index in [0.29, 0.717) is 0 Å². The third-order valence-corrected chi connectivity index (χ3v) is 3.65. The quantitative estimate of drug-likeness (QED) is 0.662. The molecule has 4 heteroatoms. The van der Waals surface area contributed by atoms with Gasteiger partial charge in [0.1, 0.15) is 0 Å². The van der Waals surface area contributed by atoms with Crippen molar-refractivity contribution in [2.75, 3.05) is 39.3 Å². The van der Waals surface area contributed by atoms with Crippen molar-refractivity contribution in [1.29, 1.82) is 0 Å². The number of hydrogen-bond acceptors (Lipinski definition) is 4. The Morgan fingerprint density at radius 1 is 1.27 bits per heavy atom. The largest absolute Gasteiger partial charge is 0.395 e. The predicted molar refractivity (Wildman–Crippen MR) is 60.7 cm³/mol. The van der Waals surface area contributed by atoms with E-state index in [-0.39, 0.29) is 12.6 Å². The van der Waals surface area contributed by atoms with Crippen molar-refractivity contribution < 1.29 is 5.11 Å². The van der Waals surface area contributed by atoms with Crippen LogP contribution in [-0.4, -0.2) is 66.3 Å². The lowest BCUT2D eigenvalue weighted by Gasteiger charge is -2.44. The molecule has 2 heterocycles. The van der Waals surface area contributed by atoms with E-state index in [1.54, 1.807) is 0 Å². The number of piperazine rings is 1. The smallest absolute Gasteiger partial charge is 0.0595 e. The number of fused-ring (bicyclic) bond motifs is 1. The Bertz CT molecular complexity index is 200. The molecular formula is C11H23N3O. The van der Waals surface area contributed by atoms with Crippen LogP contribution >= 0.6 is 0 Å². The fraction of sp³-hybridized carbons (Fsp3) is 1.00. The van der Waals surface area contributed by atoms with Crippen molar-refractivity contribution in [3.8, 4) is 0 Å². The van der Waals surface area contributed by atoms with Gasteiger partial charge in [-0.05, 0) is 19.4 Å². The Kier molecular flexibility index (Phi) is 3.97. The van der Waals surface area contributed by atoms with Crippen molar-refractivity contribution in [3.05, 3.63) is 0 Å². The molecule has 2 aliphatic heterocycles. The molecule has 0 aromatic carbocycles. The monoisotopic (exact) mass is 213 g/mol. The Hall–Kier alpha value is -0.160. The van der Waals surface area contributed by atoms with Gasteiger partial charge >= 0.3 is 0 Å². The summed E-state index contributed by atoms with van der Waals surface area (Å²) in [6.45, 7) is 5.68. The van der Waals surface area contributed by atoms with Crippen LogP contribution in [0.4, 0.5) is 0 Å². The van der Waals surface area contributed by atoms with Crippen LogP contribution in [0, 0.1) is 0 Å². The molecule has 2 atom stereocenters. The van der Waals surface area contributed by atoms with Crippen molar-refractivity contribution >= 4 is 0 Å². The number of aliphatic hydroxyl groups excluding tert-OH is 1. The first-order valence-corrected chi connectivity index (χ1v) is 6.12. The standard InChI is InChI=1S/C11H23N3O/c12-10(9-15)7-13-5-6-14-4-2-1-3-11(14)8-13/h10-11,15H,1-9,12H2. The SMILES string of the molecule is NC(CO)CN1CCN2CCCCC2C1. The van der Waals surface area contributed by atoms with E-state index in [1.165, 1.54) is 32.4 Å². The first-order chi connectivity index (χ1) is 7.29. The van der Waals surface area contributed by atoms with Gasteiger partial charge in [-0.3, -0.25) is 9.80 Å². The topological polar surface area (TPSA) is 52.7 Å². The molecule has 15 heavy (non-hydrogen) atoms. The van der Waals surface area contributed by atoms with Gasteiger partial charge in [0.2, 0.25) is 0 Å². The molecule has 2 fully saturated rings. The zero-order valence-electron chi connectivity index (χ0n) is 9.44. The van der Waals surface area contributed by atoms with E-state index in [2.05, 4.69) is 9.80 Å². The summed E-state index contributed by atoms with van der Waals surface area (Å²) in [5, 5.41) is 8.94. The van der Waals surface area contributed by atoms with Gasteiger partial charge in [0.15, 0.2) is 0 Å². The lowest BCUT2D eigenvalue weighted by Crippen LogP contribution is -2.56. The molecular weight excluding hydrogens is 190 g/mol. The van der Waals surface area contributed by atoms with Crippen LogP contribution in [0.2, 0.25) is 0 Å². The van der Waals surface area contributed by atoms with Crippen LogP contribution in [-0.2, 0) is 0 Å². The highest BCUT2D eigenvalue weighted by Gasteiger charge is 2.28. The van der Waals surface area contributed by atoms with E-state index < -0.39 is 0 Å².